The van der Waals surface area contributed by atoms with Crippen LogP contribution in [0.1, 0.15) is 25.0 Å². The second kappa shape index (κ2) is 10.5. The Morgan fingerprint density at radius 2 is 1.68 bits per heavy atom. The minimum Gasteiger partial charge on any atom is -0.497 e. The van der Waals surface area contributed by atoms with Gasteiger partial charge in [-0.3, -0.25) is 4.79 Å². The molecule has 160 valence electrons. The molecule has 0 bridgehead atoms. The van der Waals surface area contributed by atoms with Crippen LogP contribution in [0.25, 0.3) is 16.7 Å². The Labute approximate surface area is 183 Å². The van der Waals surface area contributed by atoms with E-state index in [1.165, 1.54) is 0 Å². The number of hydrogen-bond donors (Lipinski definition) is 1. The van der Waals surface area contributed by atoms with Crippen LogP contribution < -0.4 is 9.47 Å². The van der Waals surface area contributed by atoms with Gasteiger partial charge in [-0.1, -0.05) is 55.5 Å². The van der Waals surface area contributed by atoms with Gasteiger partial charge in [-0.05, 0) is 71.5 Å². The van der Waals surface area contributed by atoms with Crippen molar-refractivity contribution in [1.82, 2.24) is 0 Å². The van der Waals surface area contributed by atoms with Gasteiger partial charge in [0, 0.05) is 0 Å². The highest BCUT2D eigenvalue weighted by Crippen LogP contribution is 2.25. The lowest BCUT2D eigenvalue weighted by Crippen LogP contribution is -2.12. The number of allylic oxidation sites excluding steroid dienone is 1. The highest BCUT2D eigenvalue weighted by Gasteiger charge is 2.11. The van der Waals surface area contributed by atoms with Gasteiger partial charge in [-0.2, -0.15) is 0 Å². The summed E-state index contributed by atoms with van der Waals surface area (Å²) in [5, 5.41) is 9.02. The van der Waals surface area contributed by atoms with E-state index in [-0.39, 0.29) is 0 Å². The first-order valence-electron chi connectivity index (χ1n) is 10.3. The largest absolute Gasteiger partial charge is 0.497 e. The van der Waals surface area contributed by atoms with Crippen LogP contribution in [0.4, 0.5) is 0 Å². The van der Waals surface area contributed by atoms with Gasteiger partial charge >= 0.3 is 5.97 Å². The van der Waals surface area contributed by atoms with Crippen molar-refractivity contribution in [1.29, 1.82) is 0 Å². The monoisotopic (exact) mass is 416 g/mol. The van der Waals surface area contributed by atoms with E-state index in [0.717, 1.165) is 39.3 Å². The number of hydrogen-bond acceptors (Lipinski definition) is 3. The molecule has 0 aliphatic carbocycles. The van der Waals surface area contributed by atoms with Gasteiger partial charge in [-0.15, -0.1) is 0 Å². The van der Waals surface area contributed by atoms with Crippen molar-refractivity contribution in [2.45, 2.75) is 20.3 Å². The summed E-state index contributed by atoms with van der Waals surface area (Å²) in [4.78, 5) is 11.0. The van der Waals surface area contributed by atoms with Crippen molar-refractivity contribution >= 4 is 11.5 Å². The van der Waals surface area contributed by atoms with Gasteiger partial charge in [0.05, 0.1) is 13.0 Å². The van der Waals surface area contributed by atoms with Gasteiger partial charge < -0.3 is 14.6 Å². The molecule has 0 aliphatic heterocycles. The van der Waals surface area contributed by atoms with Crippen molar-refractivity contribution in [3.8, 4) is 22.6 Å². The summed E-state index contributed by atoms with van der Waals surface area (Å²) in [6.45, 7) is 4.25. The molecule has 4 heteroatoms. The van der Waals surface area contributed by atoms with E-state index in [2.05, 4.69) is 43.3 Å². The zero-order chi connectivity index (χ0) is 22.2. The third kappa shape index (κ3) is 6.22. The molecule has 0 aliphatic rings. The lowest BCUT2D eigenvalue weighted by Gasteiger charge is -2.09. The Balaban J connectivity index is 1.57. The van der Waals surface area contributed by atoms with Gasteiger partial charge in [0.15, 0.2) is 0 Å². The maximum absolute atomic E-state index is 11.0. The Morgan fingerprint density at radius 3 is 2.32 bits per heavy atom. The summed E-state index contributed by atoms with van der Waals surface area (Å²) < 4.78 is 11.1. The molecule has 3 rings (SSSR count). The fraction of sp³-hybridized carbons (Fsp3) is 0.222. The molecule has 0 saturated heterocycles. The van der Waals surface area contributed by atoms with Crippen LogP contribution in [0.3, 0.4) is 0 Å². The number of carboxylic acids is 1. The van der Waals surface area contributed by atoms with Gasteiger partial charge in [0.25, 0.3) is 0 Å². The van der Waals surface area contributed by atoms with E-state index in [1.54, 1.807) is 14.0 Å². The number of rotatable bonds is 9. The number of ether oxygens (including phenoxy) is 2. The molecule has 0 fully saturated rings. The molecule has 1 atom stereocenters. The Bertz CT molecular complexity index is 1030. The highest BCUT2D eigenvalue weighted by molar-refractivity contribution is 5.70. The molecule has 0 heterocycles. The summed E-state index contributed by atoms with van der Waals surface area (Å²) >= 11 is 0. The normalized spacial score (nSPS) is 12.3. The van der Waals surface area contributed by atoms with E-state index in [0.29, 0.717) is 13.0 Å². The first-order valence-corrected chi connectivity index (χ1v) is 10.3. The maximum Gasteiger partial charge on any atom is 0.306 e. The molecule has 3 aromatic rings. The smallest absolute Gasteiger partial charge is 0.306 e. The third-order valence-electron chi connectivity index (χ3n) is 5.27. The maximum atomic E-state index is 11.0. The number of methoxy groups -OCH3 is 1. The second-order valence-corrected chi connectivity index (χ2v) is 7.59. The fourth-order valence-corrected chi connectivity index (χ4v) is 3.27. The molecule has 3 aromatic carbocycles. The molecule has 1 N–H and O–H groups in total. The third-order valence-corrected chi connectivity index (χ3v) is 5.27. The molecule has 0 aromatic heterocycles. The average Bonchev–Trinajstić information content (AvgIpc) is 2.80. The molecule has 1 unspecified atom stereocenters. The van der Waals surface area contributed by atoms with Crippen LogP contribution >= 0.6 is 0 Å². The number of carbonyl (C=O) groups is 1. The van der Waals surface area contributed by atoms with Gasteiger partial charge in [-0.25, -0.2) is 0 Å². The Hall–Kier alpha value is -3.53. The predicted octanol–water partition coefficient (Wildman–Crippen LogP) is 6.11. The SMILES string of the molecule is COc1cccc(-c2ccc(/C(C)=C/COc3ccc(CC(C)C(=O)O)cc3)cc2)c1. The minimum atomic E-state index is -0.780. The molecule has 31 heavy (non-hydrogen) atoms. The lowest BCUT2D eigenvalue weighted by molar-refractivity contribution is -0.141. The van der Waals surface area contributed by atoms with Crippen LogP contribution in [0, 0.1) is 5.92 Å². The van der Waals surface area contributed by atoms with Crippen molar-refractivity contribution in [2.24, 2.45) is 5.92 Å². The highest BCUT2D eigenvalue weighted by atomic mass is 16.5. The molecule has 0 amide bonds. The lowest BCUT2D eigenvalue weighted by atomic mass is 10.0. The van der Waals surface area contributed by atoms with Crippen molar-refractivity contribution in [3.05, 3.63) is 90.0 Å². The van der Waals surface area contributed by atoms with Crippen LogP contribution in [-0.2, 0) is 11.2 Å². The van der Waals surface area contributed by atoms with Crippen LogP contribution in [0.2, 0.25) is 0 Å². The number of aliphatic carboxylic acids is 1. The standard InChI is InChI=1S/C27H28O4/c1-19(15-16-31-25-13-7-21(8-14-25)17-20(2)27(28)29)22-9-11-23(12-10-22)24-5-4-6-26(18-24)30-3/h4-15,18,20H,16-17H2,1-3H3,(H,28,29)/b19-15+. The minimum absolute atomic E-state index is 0.396. The average molecular weight is 417 g/mol. The van der Waals surface area contributed by atoms with Crippen LogP contribution in [0.15, 0.2) is 78.9 Å². The second-order valence-electron chi connectivity index (χ2n) is 7.59. The van der Waals surface area contributed by atoms with E-state index >= 15 is 0 Å². The fourth-order valence-electron chi connectivity index (χ4n) is 3.27. The topological polar surface area (TPSA) is 55.8 Å². The van der Waals surface area contributed by atoms with Crippen LogP contribution in [0.5, 0.6) is 11.5 Å². The summed E-state index contributed by atoms with van der Waals surface area (Å²) in [6.07, 6.45) is 2.57. The van der Waals surface area contributed by atoms with E-state index < -0.39 is 11.9 Å². The first kappa shape index (κ1) is 22.2. The first-order chi connectivity index (χ1) is 15.0. The summed E-state index contributed by atoms with van der Waals surface area (Å²) in [6, 6.07) is 24.1. The van der Waals surface area contributed by atoms with Crippen LogP contribution in [-0.4, -0.2) is 24.8 Å². The number of carboxylic acid groups (broad SMARTS) is 1. The van der Waals surface area contributed by atoms with E-state index in [1.807, 2.05) is 42.5 Å². The zero-order valence-electron chi connectivity index (χ0n) is 18.2. The molecular weight excluding hydrogens is 388 g/mol. The molecule has 4 nitrogen and oxygen atoms in total. The molecule has 0 radical (unpaired) electrons. The molecule has 0 spiro atoms. The summed E-state index contributed by atoms with van der Waals surface area (Å²) in [5.41, 5.74) is 5.54. The summed E-state index contributed by atoms with van der Waals surface area (Å²) in [5.74, 6) is 0.438. The quantitative estimate of drug-likeness (QED) is 0.457. The predicted molar refractivity (Wildman–Crippen MR) is 125 cm³/mol. The van der Waals surface area contributed by atoms with Crippen molar-refractivity contribution in [2.75, 3.05) is 13.7 Å². The summed E-state index contributed by atoms with van der Waals surface area (Å²) in [7, 11) is 1.67. The molecular formula is C27H28O4. The van der Waals surface area contributed by atoms with E-state index in [4.69, 9.17) is 14.6 Å². The Kier molecular flexibility index (Phi) is 7.50. The van der Waals surface area contributed by atoms with Gasteiger partial charge in [0.2, 0.25) is 0 Å². The van der Waals surface area contributed by atoms with Crippen molar-refractivity contribution in [3.63, 3.8) is 0 Å². The molecule has 0 saturated carbocycles. The van der Waals surface area contributed by atoms with Crippen molar-refractivity contribution < 1.29 is 19.4 Å². The Morgan fingerprint density at radius 1 is 0.968 bits per heavy atom. The number of benzene rings is 3. The van der Waals surface area contributed by atoms with E-state index in [9.17, 15) is 4.79 Å². The van der Waals surface area contributed by atoms with Gasteiger partial charge in [0.1, 0.15) is 18.1 Å². The zero-order valence-corrected chi connectivity index (χ0v) is 18.2.